The number of aromatic nitrogens is 2. The Morgan fingerprint density at radius 2 is 2.11 bits per heavy atom. The predicted molar refractivity (Wildman–Crippen MR) is 71.2 cm³/mol. The lowest BCUT2D eigenvalue weighted by atomic mass is 9.97. The van der Waals surface area contributed by atoms with Gasteiger partial charge in [0.05, 0.1) is 5.92 Å². The maximum Gasteiger partial charge on any atom is 0.314 e. The molecule has 0 saturated carbocycles. The quantitative estimate of drug-likeness (QED) is 0.819. The minimum Gasteiger partial charge on any atom is -0.481 e. The summed E-state index contributed by atoms with van der Waals surface area (Å²) in [6.45, 7) is 2.05. The number of carbonyl (C=O) groups is 1. The molecule has 0 spiro atoms. The first kappa shape index (κ1) is 13.6. The highest BCUT2D eigenvalue weighted by Crippen LogP contribution is 2.28. The van der Waals surface area contributed by atoms with E-state index >= 15 is 0 Å². The van der Waals surface area contributed by atoms with Crippen molar-refractivity contribution >= 4 is 17.7 Å². The third-order valence-corrected chi connectivity index (χ3v) is 3.45. The Balaban J connectivity index is 2.14. The Morgan fingerprint density at radius 1 is 1.37 bits per heavy atom. The molecule has 2 aromatic rings. The summed E-state index contributed by atoms with van der Waals surface area (Å²) < 4.78 is 5.52. The highest BCUT2D eigenvalue weighted by atomic mass is 32.2. The Morgan fingerprint density at radius 3 is 2.74 bits per heavy atom. The number of carboxylic acid groups (broad SMARTS) is 1. The summed E-state index contributed by atoms with van der Waals surface area (Å²) in [6.07, 6.45) is 0.843. The number of aliphatic carboxylic acids is 1. The van der Waals surface area contributed by atoms with Gasteiger partial charge in [0.1, 0.15) is 5.75 Å². The molecule has 0 saturated heterocycles. The van der Waals surface area contributed by atoms with Crippen molar-refractivity contribution in [2.75, 3.05) is 5.75 Å². The van der Waals surface area contributed by atoms with E-state index in [9.17, 15) is 4.79 Å². The van der Waals surface area contributed by atoms with Crippen LogP contribution < -0.4 is 0 Å². The van der Waals surface area contributed by atoms with E-state index in [4.69, 9.17) is 9.52 Å². The summed E-state index contributed by atoms with van der Waals surface area (Å²) in [6, 6.07) is 9.92. The van der Waals surface area contributed by atoms with Gasteiger partial charge in [0.2, 0.25) is 5.89 Å². The van der Waals surface area contributed by atoms with E-state index in [0.29, 0.717) is 11.1 Å². The van der Waals surface area contributed by atoms with Crippen molar-refractivity contribution in [1.29, 1.82) is 0 Å². The Labute approximate surface area is 115 Å². The first-order valence-electron chi connectivity index (χ1n) is 5.93. The van der Waals surface area contributed by atoms with Crippen molar-refractivity contribution in [3.8, 4) is 0 Å². The average molecular weight is 278 g/mol. The summed E-state index contributed by atoms with van der Waals surface area (Å²) in [5, 5.41) is 16.8. The third-order valence-electron chi connectivity index (χ3n) is 2.65. The summed E-state index contributed by atoms with van der Waals surface area (Å²) >= 11 is 1.03. The third kappa shape index (κ3) is 3.57. The van der Waals surface area contributed by atoms with Crippen molar-refractivity contribution in [3.63, 3.8) is 0 Å². The van der Waals surface area contributed by atoms with E-state index in [2.05, 4.69) is 10.2 Å². The van der Waals surface area contributed by atoms with Crippen molar-refractivity contribution < 1.29 is 14.3 Å². The molecule has 5 nitrogen and oxygen atoms in total. The maximum absolute atomic E-state index is 10.5. The molecular weight excluding hydrogens is 264 g/mol. The van der Waals surface area contributed by atoms with Crippen LogP contribution >= 0.6 is 11.8 Å². The molecule has 0 aliphatic rings. The van der Waals surface area contributed by atoms with Crippen LogP contribution in [0.3, 0.4) is 0 Å². The molecule has 1 N–H and O–H groups in total. The molecule has 100 valence electrons. The molecule has 0 aliphatic carbocycles. The first-order chi connectivity index (χ1) is 9.20. The van der Waals surface area contributed by atoms with Crippen LogP contribution in [0.5, 0.6) is 0 Å². The Kier molecular flexibility index (Phi) is 4.57. The van der Waals surface area contributed by atoms with Crippen molar-refractivity contribution in [2.45, 2.75) is 24.5 Å². The lowest BCUT2D eigenvalue weighted by Gasteiger charge is -2.09. The molecule has 1 atom stereocenters. The summed E-state index contributed by atoms with van der Waals surface area (Å²) in [4.78, 5) is 10.5. The largest absolute Gasteiger partial charge is 0.481 e. The summed E-state index contributed by atoms with van der Waals surface area (Å²) in [7, 11) is 0. The number of nitrogens with zero attached hydrogens (tertiary/aromatic N) is 2. The van der Waals surface area contributed by atoms with E-state index < -0.39 is 5.97 Å². The predicted octanol–water partition coefficient (Wildman–Crippen LogP) is 2.79. The van der Waals surface area contributed by atoms with Gasteiger partial charge in [0, 0.05) is 0 Å². The first-order valence-corrected chi connectivity index (χ1v) is 6.92. The van der Waals surface area contributed by atoms with Gasteiger partial charge in [0.25, 0.3) is 5.22 Å². The van der Waals surface area contributed by atoms with Crippen molar-refractivity contribution in [3.05, 3.63) is 41.8 Å². The number of rotatable bonds is 6. The molecule has 2 rings (SSSR count). The number of thioether (sulfide) groups is 1. The van der Waals surface area contributed by atoms with Gasteiger partial charge in [-0.15, -0.1) is 10.2 Å². The van der Waals surface area contributed by atoms with E-state index in [1.54, 1.807) is 0 Å². The molecule has 19 heavy (non-hydrogen) atoms. The molecule has 0 amide bonds. The van der Waals surface area contributed by atoms with Crippen LogP contribution in [0.4, 0.5) is 0 Å². The van der Waals surface area contributed by atoms with Crippen molar-refractivity contribution in [2.24, 2.45) is 0 Å². The fraction of sp³-hybridized carbons (Fsp3) is 0.308. The minimum absolute atomic E-state index is 0.0490. The fourth-order valence-electron chi connectivity index (χ4n) is 1.78. The minimum atomic E-state index is -0.903. The molecular formula is C13H14N2O3S. The fourth-order valence-corrected chi connectivity index (χ4v) is 2.27. The van der Waals surface area contributed by atoms with Gasteiger partial charge in [-0.3, -0.25) is 4.79 Å². The second-order valence-electron chi connectivity index (χ2n) is 3.96. The molecule has 0 radical (unpaired) electrons. The number of hydrogen-bond acceptors (Lipinski definition) is 5. The Bertz CT molecular complexity index is 542. The second-order valence-corrected chi connectivity index (χ2v) is 4.89. The highest BCUT2D eigenvalue weighted by Gasteiger charge is 2.19. The van der Waals surface area contributed by atoms with Gasteiger partial charge in [-0.2, -0.15) is 0 Å². The van der Waals surface area contributed by atoms with E-state index in [0.717, 1.165) is 23.7 Å². The molecule has 1 heterocycles. The van der Waals surface area contributed by atoms with Crippen LogP contribution in [0.1, 0.15) is 30.7 Å². The van der Waals surface area contributed by atoms with Gasteiger partial charge in [-0.05, 0) is 12.0 Å². The van der Waals surface area contributed by atoms with Gasteiger partial charge >= 0.3 is 5.97 Å². The van der Waals surface area contributed by atoms with Gasteiger partial charge in [-0.1, -0.05) is 49.0 Å². The van der Waals surface area contributed by atoms with Crippen LogP contribution in [0, 0.1) is 0 Å². The topological polar surface area (TPSA) is 76.2 Å². The van der Waals surface area contributed by atoms with E-state index in [-0.39, 0.29) is 11.7 Å². The van der Waals surface area contributed by atoms with E-state index in [1.807, 2.05) is 37.3 Å². The van der Waals surface area contributed by atoms with Crippen LogP contribution in [-0.4, -0.2) is 27.0 Å². The summed E-state index contributed by atoms with van der Waals surface area (Å²) in [5.41, 5.74) is 1.11. The zero-order valence-electron chi connectivity index (χ0n) is 10.4. The molecule has 0 aliphatic heterocycles. The molecule has 1 aromatic heterocycles. The smallest absolute Gasteiger partial charge is 0.314 e. The van der Waals surface area contributed by atoms with Gasteiger partial charge in [-0.25, -0.2) is 0 Å². The SMILES string of the molecule is CC[C@H](c1ccccc1)c1nnc(SCC(=O)O)o1. The second kappa shape index (κ2) is 6.38. The standard InChI is InChI=1S/C13H14N2O3S/c1-2-10(9-6-4-3-5-7-9)12-14-15-13(18-12)19-8-11(16)17/h3-7,10H,2,8H2,1H3,(H,16,17)/t10-/m1/s1. The summed E-state index contributed by atoms with van der Waals surface area (Å²) in [5.74, 6) is -0.404. The molecule has 6 heteroatoms. The normalized spacial score (nSPS) is 12.3. The zero-order valence-corrected chi connectivity index (χ0v) is 11.3. The molecule has 0 unspecified atom stereocenters. The average Bonchev–Trinajstić information content (AvgIpc) is 2.87. The zero-order chi connectivity index (χ0) is 13.7. The van der Waals surface area contributed by atoms with Crippen molar-refractivity contribution in [1.82, 2.24) is 10.2 Å². The molecule has 0 bridgehead atoms. The number of carboxylic acids is 1. The molecule has 0 fully saturated rings. The van der Waals surface area contributed by atoms with Crippen LogP contribution in [-0.2, 0) is 4.79 Å². The van der Waals surface area contributed by atoms with Gasteiger partial charge in [0.15, 0.2) is 0 Å². The number of benzene rings is 1. The van der Waals surface area contributed by atoms with E-state index in [1.165, 1.54) is 0 Å². The van der Waals surface area contributed by atoms with Crippen LogP contribution in [0.2, 0.25) is 0 Å². The van der Waals surface area contributed by atoms with Crippen LogP contribution in [0.25, 0.3) is 0 Å². The lowest BCUT2D eigenvalue weighted by Crippen LogP contribution is -1.99. The number of hydrogen-bond donors (Lipinski definition) is 1. The highest BCUT2D eigenvalue weighted by molar-refractivity contribution is 7.99. The monoisotopic (exact) mass is 278 g/mol. The van der Waals surface area contributed by atoms with Crippen LogP contribution in [0.15, 0.2) is 40.0 Å². The lowest BCUT2D eigenvalue weighted by molar-refractivity contribution is -0.133. The van der Waals surface area contributed by atoms with Gasteiger partial charge < -0.3 is 9.52 Å². The maximum atomic E-state index is 10.5. The molecule has 1 aromatic carbocycles. The Hall–Kier alpha value is -1.82.